The third kappa shape index (κ3) is 10.1. The van der Waals surface area contributed by atoms with Crippen LogP contribution in [0.15, 0.2) is 78.9 Å². The van der Waals surface area contributed by atoms with Gasteiger partial charge in [0.2, 0.25) is 21.8 Å². The summed E-state index contributed by atoms with van der Waals surface area (Å²) in [4.78, 5) is 62.5. The Bertz CT molecular complexity index is 2350. The number of amides is 4. The molecule has 1 saturated heterocycles. The predicted molar refractivity (Wildman–Crippen MR) is 223 cm³/mol. The maximum atomic E-state index is 14.9. The van der Waals surface area contributed by atoms with E-state index in [1.165, 1.54) is 4.90 Å². The molecule has 1 aliphatic carbocycles. The van der Waals surface area contributed by atoms with E-state index in [2.05, 4.69) is 15.4 Å². The van der Waals surface area contributed by atoms with Gasteiger partial charge >= 0.3 is 6.09 Å². The molecule has 1 saturated carbocycles. The smallest absolute Gasteiger partial charge is 0.408 e. The number of nitrogens with one attached hydrogen (secondary N) is 3. The Balaban J connectivity index is 1.25. The minimum absolute atomic E-state index is 0.00464. The highest BCUT2D eigenvalue weighted by atomic mass is 32.2. The van der Waals surface area contributed by atoms with E-state index in [0.717, 1.165) is 12.0 Å². The second-order valence-corrected chi connectivity index (χ2v) is 18.4. The average Bonchev–Trinajstić information content (AvgIpc) is 3.60. The fourth-order valence-corrected chi connectivity index (χ4v) is 9.09. The molecule has 4 amide bonds. The molecule has 0 spiro atoms. The standard InChI is InChI=1S/C44H51N5O10S/c1-44(2,3)59-43(53)47-37-22-27-11-8-14-30(21-27)57-20-10-17-34(40(50)48-60(54,55)32-15-9-16-32)46-41(51)38-24-31(26-49(38)42(37)52)58-39-25-35(28-12-6-5-7-13-28)45-36-23-29(56-4)18-19-33(36)39/h5-8,11-14,18-19,21,23,25,31-32,34,37-38H,9-10,15-17,20,22,24,26H2,1-4H3,(H,46,51)(H,47,53)(H,48,50)/t31-,34?,37+,38+/m1/s1. The monoisotopic (exact) mass is 841 g/mol. The lowest BCUT2D eigenvalue weighted by molar-refractivity contribution is -0.140. The van der Waals surface area contributed by atoms with Crippen LogP contribution < -0.4 is 29.6 Å². The van der Waals surface area contributed by atoms with Gasteiger partial charge in [-0.25, -0.2) is 18.2 Å². The molecule has 4 atom stereocenters. The molecule has 16 heteroatoms. The zero-order valence-electron chi connectivity index (χ0n) is 34.1. The second-order valence-electron chi connectivity index (χ2n) is 16.4. The lowest BCUT2D eigenvalue weighted by Gasteiger charge is -2.30. The Morgan fingerprint density at radius 1 is 0.950 bits per heavy atom. The number of fused-ring (bicyclic) bond motifs is 4. The molecule has 7 rings (SSSR count). The molecule has 318 valence electrons. The van der Waals surface area contributed by atoms with Gasteiger partial charge in [-0.15, -0.1) is 0 Å². The normalized spacial score (nSPS) is 21.6. The topological polar surface area (TPSA) is 192 Å². The number of carbonyl (C=O) groups excluding carboxylic acids is 4. The highest BCUT2D eigenvalue weighted by Gasteiger charge is 2.45. The number of nitrogens with zero attached hydrogens (tertiary/aromatic N) is 2. The van der Waals surface area contributed by atoms with E-state index in [4.69, 9.17) is 23.9 Å². The summed E-state index contributed by atoms with van der Waals surface area (Å²) >= 11 is 0. The number of hydrogen-bond acceptors (Lipinski definition) is 11. The highest BCUT2D eigenvalue weighted by Crippen LogP contribution is 2.35. The summed E-state index contributed by atoms with van der Waals surface area (Å²) in [7, 11) is -2.40. The number of methoxy groups -OCH3 is 1. The van der Waals surface area contributed by atoms with E-state index >= 15 is 0 Å². The van der Waals surface area contributed by atoms with Gasteiger partial charge in [0.25, 0.3) is 5.91 Å². The summed E-state index contributed by atoms with van der Waals surface area (Å²) in [6.07, 6.45) is 0.442. The van der Waals surface area contributed by atoms with Gasteiger partial charge in [0.05, 0.1) is 36.7 Å². The number of ether oxygens (including phenoxy) is 4. The quantitative estimate of drug-likeness (QED) is 0.215. The number of carbonyl (C=O) groups is 4. The van der Waals surface area contributed by atoms with E-state index in [1.54, 1.807) is 64.3 Å². The van der Waals surface area contributed by atoms with Crippen molar-refractivity contribution in [1.29, 1.82) is 0 Å². The molecule has 15 nitrogen and oxygen atoms in total. The lowest BCUT2D eigenvalue weighted by atomic mass is 10.0. The molecule has 0 radical (unpaired) electrons. The fourth-order valence-electron chi connectivity index (χ4n) is 7.55. The van der Waals surface area contributed by atoms with Crippen molar-refractivity contribution in [3.05, 3.63) is 84.4 Å². The van der Waals surface area contributed by atoms with Crippen molar-refractivity contribution in [2.45, 2.75) is 101 Å². The largest absolute Gasteiger partial charge is 0.497 e. The van der Waals surface area contributed by atoms with Gasteiger partial charge in [0.1, 0.15) is 47.1 Å². The number of rotatable bonds is 8. The minimum Gasteiger partial charge on any atom is -0.497 e. The molecule has 1 aromatic heterocycles. The Morgan fingerprint density at radius 2 is 1.73 bits per heavy atom. The Kier molecular flexibility index (Phi) is 12.5. The van der Waals surface area contributed by atoms with Crippen LogP contribution in [0.4, 0.5) is 4.79 Å². The maximum absolute atomic E-state index is 14.9. The number of aromatic nitrogens is 1. The van der Waals surface area contributed by atoms with Crippen molar-refractivity contribution in [1.82, 2.24) is 25.2 Å². The maximum Gasteiger partial charge on any atom is 0.408 e. The van der Waals surface area contributed by atoms with Crippen LogP contribution >= 0.6 is 0 Å². The fraction of sp³-hybridized carbons (Fsp3) is 0.432. The minimum atomic E-state index is -3.97. The van der Waals surface area contributed by atoms with Crippen LogP contribution in [-0.2, 0) is 35.6 Å². The van der Waals surface area contributed by atoms with Gasteiger partial charge in [-0.1, -0.05) is 48.9 Å². The molecule has 3 heterocycles. The van der Waals surface area contributed by atoms with E-state index in [0.29, 0.717) is 52.3 Å². The third-order valence-corrected chi connectivity index (χ3v) is 12.6. The predicted octanol–water partition coefficient (Wildman–Crippen LogP) is 5.05. The van der Waals surface area contributed by atoms with Crippen molar-refractivity contribution >= 4 is 44.7 Å². The SMILES string of the molecule is COc1ccc2c(O[C@@H]3C[C@H]4C(=O)NC(C(=O)NS(=O)(=O)C5CCC5)CCCOc5cccc(c5)C[C@H](NC(=O)OC(C)(C)C)C(=O)N4C3)cc(-c3ccccc3)nc2c1. The molecule has 2 bridgehead atoms. The second kappa shape index (κ2) is 17.8. The number of benzene rings is 3. The summed E-state index contributed by atoms with van der Waals surface area (Å²) in [6, 6.07) is 20.2. The Hall–Kier alpha value is -5.90. The first kappa shape index (κ1) is 42.2. The van der Waals surface area contributed by atoms with Crippen LogP contribution in [0, 0.1) is 0 Å². The summed E-state index contributed by atoms with van der Waals surface area (Å²) in [5.41, 5.74) is 1.88. The Morgan fingerprint density at radius 3 is 2.45 bits per heavy atom. The molecule has 1 unspecified atom stereocenters. The number of pyridine rings is 1. The summed E-state index contributed by atoms with van der Waals surface area (Å²) < 4.78 is 52.0. The molecule has 2 fully saturated rings. The van der Waals surface area contributed by atoms with Gasteiger partial charge in [0.15, 0.2) is 0 Å². The first-order valence-electron chi connectivity index (χ1n) is 20.2. The molecule has 60 heavy (non-hydrogen) atoms. The van der Waals surface area contributed by atoms with Gasteiger partial charge in [-0.2, -0.15) is 0 Å². The van der Waals surface area contributed by atoms with E-state index in [1.807, 2.05) is 42.5 Å². The molecule has 4 aromatic rings. The van der Waals surface area contributed by atoms with Crippen molar-refractivity contribution in [2.24, 2.45) is 0 Å². The number of alkyl carbamates (subject to hydrolysis) is 1. The first-order chi connectivity index (χ1) is 28.7. The van der Waals surface area contributed by atoms with Crippen LogP contribution in [0.2, 0.25) is 0 Å². The zero-order chi connectivity index (χ0) is 42.6. The van der Waals surface area contributed by atoms with E-state index in [-0.39, 0.29) is 38.8 Å². The van der Waals surface area contributed by atoms with Gasteiger partial charge in [-0.05, 0) is 76.3 Å². The van der Waals surface area contributed by atoms with Crippen LogP contribution in [0.25, 0.3) is 22.2 Å². The van der Waals surface area contributed by atoms with E-state index in [9.17, 15) is 27.6 Å². The Labute approximate surface area is 349 Å². The summed E-state index contributed by atoms with van der Waals surface area (Å²) in [5.74, 6) is -0.593. The van der Waals surface area contributed by atoms with Crippen molar-refractivity contribution in [2.75, 3.05) is 20.3 Å². The van der Waals surface area contributed by atoms with Gasteiger partial charge < -0.3 is 34.5 Å². The zero-order valence-corrected chi connectivity index (χ0v) is 35.0. The summed E-state index contributed by atoms with van der Waals surface area (Å²) in [5, 5.41) is 5.50. The van der Waals surface area contributed by atoms with Crippen molar-refractivity contribution in [3.8, 4) is 28.5 Å². The molecule has 3 aliphatic rings. The van der Waals surface area contributed by atoms with Gasteiger partial charge in [0, 0.05) is 35.9 Å². The van der Waals surface area contributed by atoms with Crippen LogP contribution in [0.1, 0.15) is 64.9 Å². The average molecular weight is 842 g/mol. The first-order valence-corrected chi connectivity index (χ1v) is 21.8. The molecule has 3 aromatic carbocycles. The molecular weight excluding hydrogens is 791 g/mol. The molecular formula is C44H51N5O10S. The van der Waals surface area contributed by atoms with Crippen molar-refractivity contribution < 1.29 is 46.5 Å². The van der Waals surface area contributed by atoms with Crippen LogP contribution in [-0.4, -0.2) is 97.5 Å². The molecule has 3 N–H and O–H groups in total. The third-order valence-electron chi connectivity index (χ3n) is 10.8. The lowest BCUT2D eigenvalue weighted by Crippen LogP contribution is -2.57. The summed E-state index contributed by atoms with van der Waals surface area (Å²) in [6.45, 7) is 5.21. The van der Waals surface area contributed by atoms with Crippen LogP contribution in [0.3, 0.4) is 0 Å². The van der Waals surface area contributed by atoms with E-state index < -0.39 is 68.9 Å². The highest BCUT2D eigenvalue weighted by molar-refractivity contribution is 7.90. The van der Waals surface area contributed by atoms with Gasteiger partial charge in [-0.3, -0.25) is 19.1 Å². The van der Waals surface area contributed by atoms with Crippen molar-refractivity contribution in [3.63, 3.8) is 0 Å². The number of sulfonamides is 1. The van der Waals surface area contributed by atoms with Crippen LogP contribution in [0.5, 0.6) is 17.2 Å². The number of hydrogen-bond donors (Lipinski definition) is 3. The molecule has 2 aliphatic heterocycles.